The average Bonchev–Trinajstić information content (AvgIpc) is 3.28. The summed E-state index contributed by atoms with van der Waals surface area (Å²) in [4.78, 5) is 9.30. The maximum absolute atomic E-state index is 10.4. The van der Waals surface area contributed by atoms with E-state index in [0.29, 0.717) is 11.6 Å². The van der Waals surface area contributed by atoms with E-state index in [1.54, 1.807) is 6.07 Å². The number of guanidine groups is 1. The smallest absolute Gasteiger partial charge is 0.193 e. The van der Waals surface area contributed by atoms with Crippen molar-refractivity contribution in [1.29, 1.82) is 0 Å². The molecular formula is C19H29ClN4O. The minimum atomic E-state index is -0.599. The van der Waals surface area contributed by atoms with E-state index in [0.717, 1.165) is 30.5 Å². The Kier molecular flexibility index (Phi) is 6.57. The molecular weight excluding hydrogens is 336 g/mol. The van der Waals surface area contributed by atoms with Gasteiger partial charge in [0, 0.05) is 38.2 Å². The summed E-state index contributed by atoms with van der Waals surface area (Å²) < 4.78 is 0. The van der Waals surface area contributed by atoms with E-state index in [2.05, 4.69) is 20.1 Å². The Morgan fingerprint density at radius 3 is 2.88 bits per heavy atom. The molecule has 2 aliphatic rings. The van der Waals surface area contributed by atoms with Gasteiger partial charge in [-0.2, -0.15) is 0 Å². The van der Waals surface area contributed by atoms with Gasteiger partial charge in [0.1, 0.15) is 0 Å². The predicted molar refractivity (Wildman–Crippen MR) is 103 cm³/mol. The number of halogens is 1. The second-order valence-corrected chi connectivity index (χ2v) is 7.54. The van der Waals surface area contributed by atoms with Crippen molar-refractivity contribution in [3.63, 3.8) is 0 Å². The Morgan fingerprint density at radius 2 is 2.16 bits per heavy atom. The van der Waals surface area contributed by atoms with Gasteiger partial charge >= 0.3 is 0 Å². The van der Waals surface area contributed by atoms with E-state index in [9.17, 15) is 5.11 Å². The molecule has 6 heteroatoms. The fourth-order valence-electron chi connectivity index (χ4n) is 3.86. The molecule has 1 aromatic rings. The molecule has 0 aromatic heterocycles. The van der Waals surface area contributed by atoms with Gasteiger partial charge in [0.05, 0.1) is 6.10 Å². The second kappa shape index (κ2) is 8.88. The number of aliphatic hydroxyl groups is 1. The highest BCUT2D eigenvalue weighted by Gasteiger charge is 2.27. The van der Waals surface area contributed by atoms with Crippen molar-refractivity contribution >= 4 is 17.6 Å². The first-order chi connectivity index (χ1) is 12.2. The zero-order valence-corrected chi connectivity index (χ0v) is 15.8. The van der Waals surface area contributed by atoms with Crippen LogP contribution < -0.4 is 5.32 Å². The van der Waals surface area contributed by atoms with E-state index in [4.69, 9.17) is 11.6 Å². The predicted octanol–water partition coefficient (Wildman–Crippen LogP) is 2.37. The van der Waals surface area contributed by atoms with Crippen LogP contribution in [0, 0.1) is 5.92 Å². The number of likely N-dealkylation sites (tertiary alicyclic amines) is 2. The van der Waals surface area contributed by atoms with Crippen LogP contribution in [-0.2, 0) is 0 Å². The van der Waals surface area contributed by atoms with Gasteiger partial charge in [0.2, 0.25) is 0 Å². The monoisotopic (exact) mass is 364 g/mol. The highest BCUT2D eigenvalue weighted by Crippen LogP contribution is 2.21. The molecule has 2 atom stereocenters. The fraction of sp³-hybridized carbons (Fsp3) is 0.632. The summed E-state index contributed by atoms with van der Waals surface area (Å²) >= 11 is 6.00. The van der Waals surface area contributed by atoms with Gasteiger partial charge in [0.15, 0.2) is 5.96 Å². The Morgan fingerprint density at radius 1 is 1.36 bits per heavy atom. The summed E-state index contributed by atoms with van der Waals surface area (Å²) in [5.41, 5.74) is 0.823. The fourth-order valence-corrected chi connectivity index (χ4v) is 4.06. The molecule has 2 unspecified atom stereocenters. The minimum Gasteiger partial charge on any atom is -0.387 e. The summed E-state index contributed by atoms with van der Waals surface area (Å²) in [5, 5.41) is 14.3. The topological polar surface area (TPSA) is 51.1 Å². The van der Waals surface area contributed by atoms with Crippen molar-refractivity contribution in [2.75, 3.05) is 46.3 Å². The molecule has 3 rings (SSSR count). The maximum atomic E-state index is 10.4. The molecule has 0 bridgehead atoms. The lowest BCUT2D eigenvalue weighted by Crippen LogP contribution is -2.42. The number of aliphatic imine (C=N–C) groups is 1. The largest absolute Gasteiger partial charge is 0.387 e. The molecule has 0 aliphatic carbocycles. The normalized spacial score (nSPS) is 23.2. The van der Waals surface area contributed by atoms with Gasteiger partial charge in [-0.3, -0.25) is 4.99 Å². The first kappa shape index (κ1) is 18.5. The number of nitrogens with zero attached hydrogens (tertiary/aromatic N) is 3. The maximum Gasteiger partial charge on any atom is 0.193 e. The number of aliphatic hydroxyl groups excluding tert-OH is 1. The molecule has 0 spiro atoms. The number of nitrogens with one attached hydrogen (secondary N) is 1. The van der Waals surface area contributed by atoms with Crippen LogP contribution in [0.2, 0.25) is 5.02 Å². The van der Waals surface area contributed by atoms with E-state index in [-0.39, 0.29) is 0 Å². The van der Waals surface area contributed by atoms with Crippen LogP contribution in [0.5, 0.6) is 0 Å². The van der Waals surface area contributed by atoms with E-state index in [1.165, 1.54) is 38.9 Å². The first-order valence-corrected chi connectivity index (χ1v) is 9.65. The third-order valence-corrected chi connectivity index (χ3v) is 5.43. The molecule has 0 saturated carbocycles. The highest BCUT2D eigenvalue weighted by molar-refractivity contribution is 6.30. The van der Waals surface area contributed by atoms with Gasteiger partial charge < -0.3 is 20.2 Å². The molecule has 138 valence electrons. The molecule has 2 saturated heterocycles. The summed E-state index contributed by atoms with van der Waals surface area (Å²) in [7, 11) is 1.81. The number of hydrogen-bond donors (Lipinski definition) is 2. The third-order valence-electron chi connectivity index (χ3n) is 5.20. The Hall–Kier alpha value is -1.30. The van der Waals surface area contributed by atoms with Crippen molar-refractivity contribution in [2.45, 2.75) is 25.4 Å². The van der Waals surface area contributed by atoms with Crippen LogP contribution in [0.3, 0.4) is 0 Å². The molecule has 2 N–H and O–H groups in total. The third kappa shape index (κ3) is 5.09. The van der Waals surface area contributed by atoms with E-state index in [1.807, 2.05) is 25.2 Å². The molecule has 2 aliphatic heterocycles. The number of rotatable bonds is 5. The van der Waals surface area contributed by atoms with Gasteiger partial charge in [-0.1, -0.05) is 23.7 Å². The van der Waals surface area contributed by atoms with Crippen molar-refractivity contribution in [1.82, 2.24) is 15.1 Å². The number of benzene rings is 1. The number of hydrogen-bond acceptors (Lipinski definition) is 3. The van der Waals surface area contributed by atoms with Crippen LogP contribution in [-0.4, -0.2) is 67.2 Å². The summed E-state index contributed by atoms with van der Waals surface area (Å²) in [6, 6.07) is 7.37. The molecule has 0 amide bonds. The Labute approximate surface area is 155 Å². The molecule has 1 aromatic carbocycles. The van der Waals surface area contributed by atoms with Gasteiger partial charge in [-0.25, -0.2) is 0 Å². The van der Waals surface area contributed by atoms with E-state index < -0.39 is 6.10 Å². The lowest BCUT2D eigenvalue weighted by atomic mass is 10.1. The van der Waals surface area contributed by atoms with Gasteiger partial charge in [-0.15, -0.1) is 0 Å². The lowest BCUT2D eigenvalue weighted by molar-refractivity contribution is 0.179. The van der Waals surface area contributed by atoms with Crippen molar-refractivity contribution in [3.8, 4) is 0 Å². The summed E-state index contributed by atoms with van der Waals surface area (Å²) in [6.07, 6.45) is 3.31. The standard InChI is InChI=1S/C19H29ClN4O/c1-21-19(22-12-18(25)16-5-4-6-17(20)11-16)24-10-7-15(14-24)13-23-8-2-3-9-23/h4-6,11,15,18,25H,2-3,7-10,12-14H2,1H3,(H,21,22). The minimum absolute atomic E-state index is 0.431. The zero-order chi connectivity index (χ0) is 17.6. The van der Waals surface area contributed by atoms with Crippen LogP contribution in [0.4, 0.5) is 0 Å². The SMILES string of the molecule is CN=C(NCC(O)c1cccc(Cl)c1)N1CCC(CN2CCCC2)C1. The molecule has 2 fully saturated rings. The zero-order valence-electron chi connectivity index (χ0n) is 15.0. The molecule has 5 nitrogen and oxygen atoms in total. The Balaban J connectivity index is 1.47. The Bertz CT molecular complexity index is 589. The van der Waals surface area contributed by atoms with Gasteiger partial charge in [-0.05, 0) is 56.0 Å². The van der Waals surface area contributed by atoms with Crippen LogP contribution in [0.15, 0.2) is 29.3 Å². The average molecular weight is 365 g/mol. The van der Waals surface area contributed by atoms with Crippen molar-refractivity contribution < 1.29 is 5.11 Å². The van der Waals surface area contributed by atoms with Crippen LogP contribution >= 0.6 is 11.6 Å². The molecule has 0 radical (unpaired) electrons. The molecule has 25 heavy (non-hydrogen) atoms. The lowest BCUT2D eigenvalue weighted by Gasteiger charge is -2.24. The van der Waals surface area contributed by atoms with Gasteiger partial charge in [0.25, 0.3) is 0 Å². The quantitative estimate of drug-likeness (QED) is 0.622. The summed E-state index contributed by atoms with van der Waals surface area (Å²) in [6.45, 7) is 6.23. The first-order valence-electron chi connectivity index (χ1n) is 9.27. The van der Waals surface area contributed by atoms with E-state index >= 15 is 0 Å². The summed E-state index contributed by atoms with van der Waals surface area (Å²) in [5.74, 6) is 1.60. The van der Waals surface area contributed by atoms with Crippen LogP contribution in [0.25, 0.3) is 0 Å². The highest BCUT2D eigenvalue weighted by atomic mass is 35.5. The molecule has 2 heterocycles. The van der Waals surface area contributed by atoms with Crippen molar-refractivity contribution in [3.05, 3.63) is 34.9 Å². The van der Waals surface area contributed by atoms with Crippen molar-refractivity contribution in [2.24, 2.45) is 10.9 Å². The second-order valence-electron chi connectivity index (χ2n) is 7.11. The van der Waals surface area contributed by atoms with Crippen LogP contribution in [0.1, 0.15) is 30.9 Å².